The zero-order valence-electron chi connectivity index (χ0n) is 12.6. The Morgan fingerprint density at radius 3 is 2.55 bits per heavy atom. The van der Waals surface area contributed by atoms with Crippen LogP contribution in [0.2, 0.25) is 0 Å². The quantitative estimate of drug-likeness (QED) is 0.789. The Bertz CT molecular complexity index is 635. The molecule has 2 amide bonds. The minimum Gasteiger partial charge on any atom is -0.384 e. The van der Waals surface area contributed by atoms with Gasteiger partial charge in [-0.25, -0.2) is 9.18 Å². The van der Waals surface area contributed by atoms with Crippen LogP contribution in [0, 0.1) is 5.82 Å². The number of halogens is 1. The van der Waals surface area contributed by atoms with Crippen molar-refractivity contribution < 1.29 is 14.3 Å². The van der Waals surface area contributed by atoms with Gasteiger partial charge in [0, 0.05) is 26.0 Å². The highest BCUT2D eigenvalue weighted by molar-refractivity contribution is 5.73. The minimum atomic E-state index is -1.27. The molecule has 0 bridgehead atoms. The van der Waals surface area contributed by atoms with Crippen molar-refractivity contribution in [1.82, 2.24) is 15.2 Å². The number of amides is 2. The molecule has 1 aromatic heterocycles. The zero-order valence-corrected chi connectivity index (χ0v) is 12.6. The summed E-state index contributed by atoms with van der Waals surface area (Å²) in [5.74, 6) is -0.367. The Labute approximate surface area is 128 Å². The van der Waals surface area contributed by atoms with E-state index in [0.29, 0.717) is 12.1 Å². The second-order valence-corrected chi connectivity index (χ2v) is 5.50. The van der Waals surface area contributed by atoms with E-state index in [2.05, 4.69) is 10.6 Å². The van der Waals surface area contributed by atoms with Gasteiger partial charge < -0.3 is 20.3 Å². The normalized spacial score (nSPS) is 13.5. The first-order valence-electron chi connectivity index (χ1n) is 6.98. The highest BCUT2D eigenvalue weighted by atomic mass is 19.1. The van der Waals surface area contributed by atoms with Gasteiger partial charge in [0.25, 0.3) is 0 Å². The Balaban J connectivity index is 1.83. The number of urea groups is 1. The first-order valence-corrected chi connectivity index (χ1v) is 6.98. The van der Waals surface area contributed by atoms with Gasteiger partial charge in [-0.05, 0) is 36.2 Å². The van der Waals surface area contributed by atoms with Gasteiger partial charge in [-0.1, -0.05) is 12.1 Å². The number of carbonyl (C=O) groups excluding carboxylic acids is 1. The van der Waals surface area contributed by atoms with Crippen LogP contribution in [0.1, 0.15) is 18.1 Å². The van der Waals surface area contributed by atoms with Gasteiger partial charge in [-0.3, -0.25) is 0 Å². The Kier molecular flexibility index (Phi) is 4.82. The topological polar surface area (TPSA) is 66.3 Å². The number of aliphatic hydroxyl groups is 1. The first-order chi connectivity index (χ1) is 10.4. The number of rotatable bonds is 5. The third-order valence-corrected chi connectivity index (χ3v) is 3.41. The van der Waals surface area contributed by atoms with Crippen molar-refractivity contribution in [3.63, 3.8) is 0 Å². The van der Waals surface area contributed by atoms with E-state index in [4.69, 9.17) is 0 Å². The second-order valence-electron chi connectivity index (χ2n) is 5.50. The highest BCUT2D eigenvalue weighted by Gasteiger charge is 2.23. The van der Waals surface area contributed by atoms with Gasteiger partial charge in [-0.15, -0.1) is 0 Å². The van der Waals surface area contributed by atoms with Gasteiger partial charge in [0.15, 0.2) is 0 Å². The highest BCUT2D eigenvalue weighted by Crippen LogP contribution is 2.19. The molecule has 0 saturated heterocycles. The van der Waals surface area contributed by atoms with Crippen LogP contribution in [0.3, 0.4) is 0 Å². The lowest BCUT2D eigenvalue weighted by Crippen LogP contribution is -2.43. The number of benzene rings is 1. The predicted molar refractivity (Wildman–Crippen MR) is 81.6 cm³/mol. The smallest absolute Gasteiger partial charge is 0.315 e. The molecular formula is C16H20FN3O2. The molecule has 1 unspecified atom stereocenters. The molecule has 0 fully saturated rings. The molecule has 0 aliphatic rings. The van der Waals surface area contributed by atoms with E-state index in [1.54, 1.807) is 6.92 Å². The SMILES string of the molecule is Cn1ccc(CNC(=O)NCC(C)(O)c2ccc(F)cc2)c1. The molecular weight excluding hydrogens is 285 g/mol. The second kappa shape index (κ2) is 6.62. The van der Waals surface area contributed by atoms with Crippen LogP contribution >= 0.6 is 0 Å². The third-order valence-electron chi connectivity index (χ3n) is 3.41. The van der Waals surface area contributed by atoms with Crippen molar-refractivity contribution in [1.29, 1.82) is 0 Å². The van der Waals surface area contributed by atoms with Crippen molar-refractivity contribution in [3.8, 4) is 0 Å². The van der Waals surface area contributed by atoms with Crippen LogP contribution in [0.25, 0.3) is 0 Å². The average Bonchev–Trinajstić information content (AvgIpc) is 2.89. The van der Waals surface area contributed by atoms with E-state index in [-0.39, 0.29) is 18.4 Å². The van der Waals surface area contributed by atoms with Gasteiger partial charge >= 0.3 is 6.03 Å². The Morgan fingerprint density at radius 1 is 1.27 bits per heavy atom. The van der Waals surface area contributed by atoms with Gasteiger partial charge in [0.05, 0.1) is 6.54 Å². The summed E-state index contributed by atoms with van der Waals surface area (Å²) in [6.45, 7) is 2.00. The van der Waals surface area contributed by atoms with E-state index in [1.807, 2.05) is 30.1 Å². The summed E-state index contributed by atoms with van der Waals surface area (Å²) in [5.41, 5.74) is 0.262. The molecule has 22 heavy (non-hydrogen) atoms. The number of aromatic nitrogens is 1. The third kappa shape index (κ3) is 4.33. The molecule has 2 aromatic rings. The maximum Gasteiger partial charge on any atom is 0.315 e. The Hall–Kier alpha value is -2.34. The van der Waals surface area contributed by atoms with Crippen molar-refractivity contribution in [3.05, 3.63) is 59.7 Å². The fourth-order valence-electron chi connectivity index (χ4n) is 2.07. The first kappa shape index (κ1) is 16.0. The molecule has 118 valence electrons. The lowest BCUT2D eigenvalue weighted by molar-refractivity contribution is 0.0593. The zero-order chi connectivity index (χ0) is 16.2. The number of nitrogens with one attached hydrogen (secondary N) is 2. The summed E-state index contributed by atoms with van der Waals surface area (Å²) in [6.07, 6.45) is 3.81. The molecule has 1 heterocycles. The number of hydrogen-bond acceptors (Lipinski definition) is 2. The summed E-state index contributed by atoms with van der Waals surface area (Å²) >= 11 is 0. The van der Waals surface area contributed by atoms with Gasteiger partial charge in [0.1, 0.15) is 11.4 Å². The fraction of sp³-hybridized carbons (Fsp3) is 0.312. The van der Waals surface area contributed by atoms with Crippen LogP contribution in [-0.2, 0) is 19.2 Å². The largest absolute Gasteiger partial charge is 0.384 e. The van der Waals surface area contributed by atoms with Crippen LogP contribution in [0.4, 0.5) is 9.18 Å². The average molecular weight is 305 g/mol. The molecule has 0 aliphatic carbocycles. The molecule has 1 atom stereocenters. The Morgan fingerprint density at radius 2 is 1.95 bits per heavy atom. The van der Waals surface area contributed by atoms with Gasteiger partial charge in [-0.2, -0.15) is 0 Å². The fourth-order valence-corrected chi connectivity index (χ4v) is 2.07. The summed E-state index contributed by atoms with van der Waals surface area (Å²) in [4.78, 5) is 11.8. The molecule has 5 nitrogen and oxygen atoms in total. The standard InChI is InChI=1S/C16H20FN3O2/c1-16(22,13-3-5-14(17)6-4-13)11-19-15(21)18-9-12-7-8-20(2)10-12/h3-8,10,22H,9,11H2,1-2H3,(H2,18,19,21). The monoisotopic (exact) mass is 305 g/mol. The summed E-state index contributed by atoms with van der Waals surface area (Å²) < 4.78 is 14.8. The summed E-state index contributed by atoms with van der Waals surface area (Å²) in [7, 11) is 1.91. The molecule has 6 heteroatoms. The maximum atomic E-state index is 12.9. The maximum absolute atomic E-state index is 12.9. The van der Waals surface area contributed by atoms with E-state index in [9.17, 15) is 14.3 Å². The van der Waals surface area contributed by atoms with Gasteiger partial charge in [0.2, 0.25) is 0 Å². The minimum absolute atomic E-state index is 0.0270. The lowest BCUT2D eigenvalue weighted by Gasteiger charge is -2.24. The molecule has 0 radical (unpaired) electrons. The van der Waals surface area contributed by atoms with Crippen LogP contribution in [-0.4, -0.2) is 22.2 Å². The molecule has 1 aromatic carbocycles. The number of carbonyl (C=O) groups is 1. The van der Waals surface area contributed by atoms with E-state index in [0.717, 1.165) is 5.56 Å². The number of nitrogens with zero attached hydrogens (tertiary/aromatic N) is 1. The van der Waals surface area contributed by atoms with E-state index < -0.39 is 5.60 Å². The molecule has 0 saturated carbocycles. The van der Waals surface area contributed by atoms with E-state index in [1.165, 1.54) is 24.3 Å². The van der Waals surface area contributed by atoms with Crippen molar-refractivity contribution >= 4 is 6.03 Å². The number of hydrogen-bond donors (Lipinski definition) is 3. The summed E-state index contributed by atoms with van der Waals surface area (Å²) in [6, 6.07) is 7.09. The number of aryl methyl sites for hydroxylation is 1. The molecule has 2 rings (SSSR count). The molecule has 0 aliphatic heterocycles. The van der Waals surface area contributed by atoms with Crippen molar-refractivity contribution in [2.45, 2.75) is 19.1 Å². The van der Waals surface area contributed by atoms with Crippen molar-refractivity contribution in [2.75, 3.05) is 6.54 Å². The molecule has 0 spiro atoms. The summed E-state index contributed by atoms with van der Waals surface area (Å²) in [5, 5.41) is 15.7. The molecule has 3 N–H and O–H groups in total. The van der Waals surface area contributed by atoms with Crippen LogP contribution in [0.5, 0.6) is 0 Å². The van der Waals surface area contributed by atoms with Crippen LogP contribution < -0.4 is 10.6 Å². The van der Waals surface area contributed by atoms with E-state index >= 15 is 0 Å². The van der Waals surface area contributed by atoms with Crippen LogP contribution in [0.15, 0.2) is 42.7 Å². The van der Waals surface area contributed by atoms with Crippen molar-refractivity contribution in [2.24, 2.45) is 7.05 Å². The lowest BCUT2D eigenvalue weighted by atomic mass is 9.96. The predicted octanol–water partition coefficient (Wildman–Crippen LogP) is 1.87.